The van der Waals surface area contributed by atoms with E-state index in [-0.39, 0.29) is 11.3 Å². The summed E-state index contributed by atoms with van der Waals surface area (Å²) < 4.78 is 0. The predicted molar refractivity (Wildman–Crippen MR) is 75.6 cm³/mol. The first-order chi connectivity index (χ1) is 9.49. The highest BCUT2D eigenvalue weighted by Gasteiger charge is 2.35. The average molecular weight is 277 g/mol. The molecule has 3 N–H and O–H groups in total. The zero-order valence-electron chi connectivity index (χ0n) is 11.5. The van der Waals surface area contributed by atoms with Gasteiger partial charge < -0.3 is 11.1 Å². The SMILES string of the molecule is Cc1cccc(C(=O)NC2(CN)CCCC2)c1[N+](=O)[O-]. The van der Waals surface area contributed by atoms with Crippen molar-refractivity contribution in [3.8, 4) is 0 Å². The van der Waals surface area contributed by atoms with E-state index in [0.29, 0.717) is 12.1 Å². The molecule has 1 aliphatic rings. The number of nitrogens with zero attached hydrogens (tertiary/aromatic N) is 1. The van der Waals surface area contributed by atoms with Crippen LogP contribution in [0.4, 0.5) is 5.69 Å². The number of carbonyl (C=O) groups excluding carboxylic acids is 1. The minimum absolute atomic E-state index is 0.106. The maximum absolute atomic E-state index is 12.4. The van der Waals surface area contributed by atoms with Gasteiger partial charge in [-0.05, 0) is 25.8 Å². The zero-order chi connectivity index (χ0) is 14.8. The molecule has 0 saturated heterocycles. The van der Waals surface area contributed by atoms with Gasteiger partial charge in [-0.2, -0.15) is 0 Å². The molecule has 2 rings (SSSR count). The number of hydrogen-bond donors (Lipinski definition) is 2. The van der Waals surface area contributed by atoms with Crippen LogP contribution in [0, 0.1) is 17.0 Å². The summed E-state index contributed by atoms with van der Waals surface area (Å²) in [7, 11) is 0. The van der Waals surface area contributed by atoms with Crippen LogP contribution in [0.3, 0.4) is 0 Å². The van der Waals surface area contributed by atoms with Crippen LogP contribution in [0.25, 0.3) is 0 Å². The third-order valence-electron chi connectivity index (χ3n) is 4.00. The van der Waals surface area contributed by atoms with Gasteiger partial charge in [0.15, 0.2) is 0 Å². The molecule has 20 heavy (non-hydrogen) atoms. The van der Waals surface area contributed by atoms with Gasteiger partial charge in [-0.1, -0.05) is 25.0 Å². The van der Waals surface area contributed by atoms with Crippen molar-refractivity contribution < 1.29 is 9.72 Å². The van der Waals surface area contributed by atoms with Crippen LogP contribution >= 0.6 is 0 Å². The Balaban J connectivity index is 2.30. The Hall–Kier alpha value is -1.95. The molecule has 0 spiro atoms. The standard InChI is InChI=1S/C14H19N3O3/c1-10-5-4-6-11(12(10)17(19)20)13(18)16-14(9-15)7-2-3-8-14/h4-6H,2-3,7-9,15H2,1H3,(H,16,18). The summed E-state index contributed by atoms with van der Waals surface area (Å²) in [6.07, 6.45) is 3.70. The molecule has 108 valence electrons. The largest absolute Gasteiger partial charge is 0.345 e. The molecule has 0 atom stereocenters. The first-order valence-electron chi connectivity index (χ1n) is 6.76. The Kier molecular flexibility index (Phi) is 4.04. The first kappa shape index (κ1) is 14.5. The van der Waals surface area contributed by atoms with Gasteiger partial charge in [0, 0.05) is 12.1 Å². The molecular formula is C14H19N3O3. The van der Waals surface area contributed by atoms with E-state index in [1.54, 1.807) is 19.1 Å². The third-order valence-corrected chi connectivity index (χ3v) is 4.00. The van der Waals surface area contributed by atoms with Gasteiger partial charge in [-0.25, -0.2) is 0 Å². The number of amides is 1. The lowest BCUT2D eigenvalue weighted by Gasteiger charge is -2.28. The van der Waals surface area contributed by atoms with E-state index in [4.69, 9.17) is 5.73 Å². The van der Waals surface area contributed by atoms with E-state index in [0.717, 1.165) is 25.7 Å². The summed E-state index contributed by atoms with van der Waals surface area (Å²) in [5, 5.41) is 14.0. The van der Waals surface area contributed by atoms with Crippen LogP contribution in [-0.2, 0) is 0 Å². The molecule has 1 fully saturated rings. The van der Waals surface area contributed by atoms with Gasteiger partial charge in [-0.3, -0.25) is 14.9 Å². The molecule has 1 aromatic carbocycles. The van der Waals surface area contributed by atoms with E-state index in [1.807, 2.05) is 0 Å². The fourth-order valence-electron chi connectivity index (χ4n) is 2.82. The van der Waals surface area contributed by atoms with Crippen molar-refractivity contribution in [2.75, 3.05) is 6.54 Å². The van der Waals surface area contributed by atoms with Gasteiger partial charge in [0.25, 0.3) is 11.6 Å². The molecule has 6 nitrogen and oxygen atoms in total. The van der Waals surface area contributed by atoms with Gasteiger partial charge in [0.1, 0.15) is 5.56 Å². The minimum Gasteiger partial charge on any atom is -0.345 e. The monoisotopic (exact) mass is 277 g/mol. The molecule has 1 aromatic rings. The molecule has 0 aromatic heterocycles. The molecule has 0 heterocycles. The molecule has 0 unspecified atom stereocenters. The second-order valence-electron chi connectivity index (χ2n) is 5.37. The Morgan fingerprint density at radius 3 is 2.65 bits per heavy atom. The fraction of sp³-hybridized carbons (Fsp3) is 0.500. The second-order valence-corrected chi connectivity index (χ2v) is 5.37. The Morgan fingerprint density at radius 1 is 1.45 bits per heavy atom. The van der Waals surface area contributed by atoms with Crippen LogP contribution in [-0.4, -0.2) is 22.9 Å². The molecule has 0 radical (unpaired) electrons. The van der Waals surface area contributed by atoms with Crippen LogP contribution < -0.4 is 11.1 Å². The summed E-state index contributed by atoms with van der Waals surface area (Å²) >= 11 is 0. The van der Waals surface area contributed by atoms with Crippen molar-refractivity contribution in [3.05, 3.63) is 39.4 Å². The van der Waals surface area contributed by atoms with E-state index in [2.05, 4.69) is 5.32 Å². The van der Waals surface area contributed by atoms with Crippen molar-refractivity contribution in [2.24, 2.45) is 5.73 Å². The summed E-state index contributed by atoms with van der Waals surface area (Å²) in [6, 6.07) is 4.77. The lowest BCUT2D eigenvalue weighted by Crippen LogP contribution is -2.51. The van der Waals surface area contributed by atoms with Crippen LogP contribution in [0.2, 0.25) is 0 Å². The molecule has 1 amide bonds. The molecule has 0 aliphatic heterocycles. The molecule has 0 bridgehead atoms. The normalized spacial score (nSPS) is 16.9. The number of nitro benzene ring substituents is 1. The highest BCUT2D eigenvalue weighted by atomic mass is 16.6. The van der Waals surface area contributed by atoms with Crippen molar-refractivity contribution in [2.45, 2.75) is 38.1 Å². The summed E-state index contributed by atoms with van der Waals surface area (Å²) in [4.78, 5) is 23.0. The van der Waals surface area contributed by atoms with E-state index in [1.165, 1.54) is 6.07 Å². The summed E-state index contributed by atoms with van der Waals surface area (Å²) in [5.41, 5.74) is 5.83. The van der Waals surface area contributed by atoms with E-state index < -0.39 is 16.4 Å². The average Bonchev–Trinajstić information content (AvgIpc) is 2.87. The van der Waals surface area contributed by atoms with Gasteiger partial charge in [0.2, 0.25) is 0 Å². The first-order valence-corrected chi connectivity index (χ1v) is 6.76. The number of nitrogens with one attached hydrogen (secondary N) is 1. The van der Waals surface area contributed by atoms with Crippen molar-refractivity contribution in [3.63, 3.8) is 0 Å². The Labute approximate surface area is 117 Å². The topological polar surface area (TPSA) is 98.3 Å². The van der Waals surface area contributed by atoms with Crippen molar-refractivity contribution in [1.82, 2.24) is 5.32 Å². The number of rotatable bonds is 4. The van der Waals surface area contributed by atoms with E-state index >= 15 is 0 Å². The van der Waals surface area contributed by atoms with Crippen molar-refractivity contribution >= 4 is 11.6 Å². The molecule has 6 heteroatoms. The number of benzene rings is 1. The van der Waals surface area contributed by atoms with Crippen LogP contribution in [0.1, 0.15) is 41.6 Å². The number of nitrogens with two attached hydrogens (primary N) is 1. The zero-order valence-corrected chi connectivity index (χ0v) is 11.5. The highest BCUT2D eigenvalue weighted by molar-refractivity contribution is 5.99. The number of aryl methyl sites for hydroxylation is 1. The molecule has 1 saturated carbocycles. The maximum Gasteiger partial charge on any atom is 0.285 e. The number of carbonyl (C=O) groups is 1. The summed E-state index contributed by atoms with van der Waals surface area (Å²) in [5.74, 6) is -0.409. The Bertz CT molecular complexity index is 536. The van der Waals surface area contributed by atoms with Crippen LogP contribution in [0.15, 0.2) is 18.2 Å². The van der Waals surface area contributed by atoms with E-state index in [9.17, 15) is 14.9 Å². The van der Waals surface area contributed by atoms with Crippen LogP contribution in [0.5, 0.6) is 0 Å². The maximum atomic E-state index is 12.4. The van der Waals surface area contributed by atoms with Crippen molar-refractivity contribution in [1.29, 1.82) is 0 Å². The number of para-hydroxylation sites is 1. The molecular weight excluding hydrogens is 258 g/mol. The quantitative estimate of drug-likeness (QED) is 0.648. The van der Waals surface area contributed by atoms with Gasteiger partial charge in [-0.15, -0.1) is 0 Å². The lowest BCUT2D eigenvalue weighted by molar-refractivity contribution is -0.385. The Morgan fingerprint density at radius 2 is 2.10 bits per heavy atom. The highest BCUT2D eigenvalue weighted by Crippen LogP contribution is 2.30. The fourth-order valence-corrected chi connectivity index (χ4v) is 2.82. The minimum atomic E-state index is -0.506. The van der Waals surface area contributed by atoms with Gasteiger partial charge in [0.05, 0.1) is 10.5 Å². The lowest BCUT2D eigenvalue weighted by atomic mass is 9.96. The number of nitro groups is 1. The third kappa shape index (κ3) is 2.65. The molecule has 1 aliphatic carbocycles. The van der Waals surface area contributed by atoms with Gasteiger partial charge >= 0.3 is 0 Å². The second kappa shape index (κ2) is 5.58. The number of hydrogen-bond acceptors (Lipinski definition) is 4. The predicted octanol–water partition coefficient (Wildman–Crippen LogP) is 1.90. The summed E-state index contributed by atoms with van der Waals surface area (Å²) in [6.45, 7) is 1.99. The smallest absolute Gasteiger partial charge is 0.285 e.